The van der Waals surface area contributed by atoms with Crippen LogP contribution in [0.4, 0.5) is 19.0 Å². The number of carbonyl (C=O) groups is 1. The van der Waals surface area contributed by atoms with Crippen LogP contribution in [0, 0.1) is 0 Å². The van der Waals surface area contributed by atoms with Gasteiger partial charge in [0, 0.05) is 49.9 Å². The van der Waals surface area contributed by atoms with Gasteiger partial charge in [0.2, 0.25) is 5.88 Å². The largest absolute Gasteiger partial charge is 0.480 e. The summed E-state index contributed by atoms with van der Waals surface area (Å²) in [5.74, 6) is 0.720. The summed E-state index contributed by atoms with van der Waals surface area (Å²) in [5, 5.41) is 0. The molecule has 5 aromatic rings. The molecule has 0 unspecified atom stereocenters. The number of alkyl halides is 3. The number of imidazole rings is 1. The van der Waals surface area contributed by atoms with E-state index in [1.165, 1.54) is 18.0 Å². The van der Waals surface area contributed by atoms with Crippen molar-refractivity contribution in [3.8, 4) is 34.5 Å². The first-order chi connectivity index (χ1) is 24.6. The first-order valence-electron chi connectivity index (χ1n) is 16.6. The van der Waals surface area contributed by atoms with Gasteiger partial charge in [-0.25, -0.2) is 24.9 Å². The van der Waals surface area contributed by atoms with Crippen LogP contribution in [0.15, 0.2) is 41.6 Å². The van der Waals surface area contributed by atoms with E-state index >= 15 is 0 Å². The average Bonchev–Trinajstić information content (AvgIpc) is 4.08. The lowest BCUT2D eigenvalue weighted by molar-refractivity contribution is -0.140. The first kappa shape index (κ1) is 32.7. The van der Waals surface area contributed by atoms with Crippen molar-refractivity contribution < 1.29 is 27.4 Å². The van der Waals surface area contributed by atoms with Crippen LogP contribution in [-0.4, -0.2) is 90.7 Å². The van der Waals surface area contributed by atoms with Gasteiger partial charge >= 0.3 is 6.18 Å². The topological polar surface area (TPSA) is 146 Å². The third kappa shape index (κ3) is 6.26. The highest BCUT2D eigenvalue weighted by Gasteiger charge is 2.38. The van der Waals surface area contributed by atoms with Gasteiger partial charge in [0.1, 0.15) is 17.7 Å². The fourth-order valence-corrected chi connectivity index (χ4v) is 6.42. The minimum absolute atomic E-state index is 0.0125. The molecular weight excluding hydrogens is 669 g/mol. The number of methoxy groups -OCH3 is 1. The van der Waals surface area contributed by atoms with Gasteiger partial charge in [-0.05, 0) is 38.3 Å². The molecule has 0 bridgehead atoms. The number of hydrogen-bond donors (Lipinski definition) is 0. The number of benzene rings is 1. The number of anilines is 1. The summed E-state index contributed by atoms with van der Waals surface area (Å²) in [4.78, 5) is 57.1. The van der Waals surface area contributed by atoms with Crippen LogP contribution in [0.2, 0.25) is 0 Å². The van der Waals surface area contributed by atoms with E-state index in [9.17, 15) is 22.8 Å². The number of ether oxygens (including phenoxy) is 2. The minimum Gasteiger partial charge on any atom is -0.480 e. The Morgan fingerprint density at radius 2 is 1.69 bits per heavy atom. The molecule has 1 aromatic carbocycles. The molecule has 1 aliphatic heterocycles. The van der Waals surface area contributed by atoms with Crippen LogP contribution in [-0.2, 0) is 17.5 Å². The summed E-state index contributed by atoms with van der Waals surface area (Å²) in [6, 6.07) is 6.85. The van der Waals surface area contributed by atoms with Gasteiger partial charge in [-0.2, -0.15) is 18.2 Å². The molecule has 5 heterocycles. The smallest absolute Gasteiger partial charge is 0.434 e. The zero-order chi connectivity index (χ0) is 35.4. The lowest BCUT2D eigenvalue weighted by Crippen LogP contribution is -2.47. The summed E-state index contributed by atoms with van der Waals surface area (Å²) in [6.45, 7) is 2.75. The quantitative estimate of drug-likeness (QED) is 0.193. The van der Waals surface area contributed by atoms with Gasteiger partial charge < -0.3 is 23.8 Å². The zero-order valence-electron chi connectivity index (χ0n) is 27.8. The van der Waals surface area contributed by atoms with Crippen molar-refractivity contribution in [2.75, 3.05) is 45.2 Å². The summed E-state index contributed by atoms with van der Waals surface area (Å²) in [5.41, 5.74) is 1.14. The molecule has 14 nitrogen and oxygen atoms in total. The number of likely N-dealkylation sites (N-methyl/N-ethyl adjacent to an activating group) is 1. The Morgan fingerprint density at radius 1 is 0.941 bits per heavy atom. The van der Waals surface area contributed by atoms with Crippen LogP contribution in [0.25, 0.3) is 33.9 Å². The van der Waals surface area contributed by atoms with Crippen molar-refractivity contribution in [3.63, 3.8) is 0 Å². The average molecular weight is 703 g/mol. The molecule has 0 spiro atoms. The number of nitrogens with zero attached hydrogens (tertiary/aromatic N) is 10. The summed E-state index contributed by atoms with van der Waals surface area (Å²) >= 11 is 0. The van der Waals surface area contributed by atoms with Crippen LogP contribution in [0.1, 0.15) is 54.6 Å². The van der Waals surface area contributed by atoms with E-state index in [1.54, 1.807) is 28.8 Å². The van der Waals surface area contributed by atoms with Crippen molar-refractivity contribution in [3.05, 3.63) is 64.1 Å². The Balaban J connectivity index is 1.27. The molecule has 0 atom stereocenters. The van der Waals surface area contributed by atoms with Gasteiger partial charge in [-0.15, -0.1) is 0 Å². The zero-order valence-corrected chi connectivity index (χ0v) is 27.8. The first-order valence-corrected chi connectivity index (χ1v) is 16.6. The molecule has 0 radical (unpaired) electrons. The van der Waals surface area contributed by atoms with Crippen molar-refractivity contribution in [2.24, 2.45) is 0 Å². The lowest BCUT2D eigenvalue weighted by Gasteiger charge is -2.33. The van der Waals surface area contributed by atoms with Crippen LogP contribution >= 0.6 is 0 Å². The number of carbonyl (C=O) groups excluding carboxylic acids is 1. The van der Waals surface area contributed by atoms with Crippen molar-refractivity contribution in [2.45, 2.75) is 50.4 Å². The maximum Gasteiger partial charge on any atom is 0.434 e. The maximum absolute atomic E-state index is 14.4. The van der Waals surface area contributed by atoms with E-state index in [0.29, 0.717) is 48.6 Å². The molecule has 8 rings (SSSR count). The van der Waals surface area contributed by atoms with E-state index in [0.717, 1.165) is 31.9 Å². The van der Waals surface area contributed by atoms with E-state index in [-0.39, 0.29) is 65.4 Å². The third-order valence-corrected chi connectivity index (χ3v) is 9.44. The number of rotatable bonds is 10. The second kappa shape index (κ2) is 12.7. The normalized spacial score (nSPS) is 16.8. The molecule has 3 fully saturated rings. The molecule has 0 N–H and O–H groups in total. The summed E-state index contributed by atoms with van der Waals surface area (Å²) in [6.07, 6.45) is 1.30. The van der Waals surface area contributed by atoms with E-state index in [1.807, 2.05) is 11.9 Å². The Bertz CT molecular complexity index is 2190. The van der Waals surface area contributed by atoms with Gasteiger partial charge in [0.05, 0.1) is 19.3 Å². The molecule has 4 aromatic heterocycles. The third-order valence-electron chi connectivity index (χ3n) is 9.44. The predicted octanol–water partition coefficient (Wildman–Crippen LogP) is 4.08. The Hall–Kier alpha value is -5.45. The highest BCUT2D eigenvalue weighted by Crippen LogP contribution is 2.45. The molecule has 264 valence electrons. The number of piperazine rings is 1. The van der Waals surface area contributed by atoms with Gasteiger partial charge in [0.25, 0.3) is 17.9 Å². The van der Waals surface area contributed by atoms with Gasteiger partial charge in [-0.1, -0.05) is 24.3 Å². The lowest BCUT2D eigenvalue weighted by atomic mass is 10.1. The standard InChI is InChI=1S/C34H33F3N10O4/c1-44-11-13-45(14-12-44)30-33(49)47(15-19-3-5-21(6-4-19)28-40-23(34(35,36)37)16-46(28)22-9-10-22)29-26(41-30)32(51-18-48)43-27(42-29)24-25(20-7-8-20)38-17-39-31(24)50-2/h3-6,16-18,20,22H,7-15H2,1-2H3. The van der Waals surface area contributed by atoms with E-state index in [4.69, 9.17) is 19.4 Å². The Labute approximate surface area is 288 Å². The molecule has 17 heteroatoms. The van der Waals surface area contributed by atoms with Crippen LogP contribution < -0.4 is 19.9 Å². The number of fused-ring (bicyclic) bond motifs is 1. The van der Waals surface area contributed by atoms with E-state index in [2.05, 4.69) is 24.8 Å². The molecule has 2 aliphatic carbocycles. The Kier molecular flexibility index (Phi) is 8.16. The molecule has 3 aliphatic rings. The molecule has 51 heavy (non-hydrogen) atoms. The predicted molar refractivity (Wildman–Crippen MR) is 178 cm³/mol. The van der Waals surface area contributed by atoms with Crippen LogP contribution in [0.5, 0.6) is 11.8 Å². The van der Waals surface area contributed by atoms with Gasteiger partial charge in [-0.3, -0.25) is 14.2 Å². The summed E-state index contributed by atoms with van der Waals surface area (Å²) in [7, 11) is 3.47. The Morgan fingerprint density at radius 3 is 2.33 bits per heavy atom. The maximum atomic E-state index is 14.4. The molecule has 2 saturated carbocycles. The number of hydrogen-bond acceptors (Lipinski definition) is 12. The van der Waals surface area contributed by atoms with Crippen molar-refractivity contribution >= 4 is 23.5 Å². The fourth-order valence-electron chi connectivity index (χ4n) is 6.42. The van der Waals surface area contributed by atoms with Crippen LogP contribution in [0.3, 0.4) is 0 Å². The SMILES string of the molecule is COc1ncnc(C2CC2)c1-c1nc(OC=O)c2nc(N3CCN(C)CC3)c(=O)n(Cc3ccc(-c4nc(C(F)(F)F)cn4C4CC4)cc3)c2n1. The summed E-state index contributed by atoms with van der Waals surface area (Å²) < 4.78 is 54.8. The monoisotopic (exact) mass is 702 g/mol. The highest BCUT2D eigenvalue weighted by atomic mass is 19.4. The fraction of sp³-hybridized carbons (Fsp3) is 0.412. The highest BCUT2D eigenvalue weighted by molar-refractivity contribution is 5.82. The second-order valence-electron chi connectivity index (χ2n) is 13.1. The number of halogens is 3. The molecular formula is C34H33F3N10O4. The van der Waals surface area contributed by atoms with Gasteiger partial charge in [0.15, 0.2) is 28.5 Å². The molecule has 0 amide bonds. The number of aromatic nitrogens is 8. The minimum atomic E-state index is -4.57. The molecule has 1 saturated heterocycles. The van der Waals surface area contributed by atoms with E-state index < -0.39 is 17.4 Å². The second-order valence-corrected chi connectivity index (χ2v) is 13.1. The van der Waals surface area contributed by atoms with Crippen molar-refractivity contribution in [1.29, 1.82) is 0 Å². The van der Waals surface area contributed by atoms with Crippen molar-refractivity contribution in [1.82, 2.24) is 43.9 Å².